The van der Waals surface area contributed by atoms with Crippen molar-refractivity contribution in [3.63, 3.8) is 0 Å². The van der Waals surface area contributed by atoms with Gasteiger partial charge < -0.3 is 4.52 Å². The highest BCUT2D eigenvalue weighted by Gasteiger charge is 2.45. The third-order valence-electron chi connectivity index (χ3n) is 6.14. The van der Waals surface area contributed by atoms with Crippen LogP contribution in [0.5, 0.6) is 0 Å². The molecule has 2 fully saturated rings. The molecule has 2 aromatic rings. The van der Waals surface area contributed by atoms with Gasteiger partial charge in [0, 0.05) is 31.7 Å². The van der Waals surface area contributed by atoms with E-state index in [1.165, 1.54) is 22.5 Å². The summed E-state index contributed by atoms with van der Waals surface area (Å²) in [5.74, 6) is 0.317. The van der Waals surface area contributed by atoms with Crippen LogP contribution in [0.25, 0.3) is 0 Å². The Morgan fingerprint density at radius 2 is 2.04 bits per heavy atom. The van der Waals surface area contributed by atoms with Crippen LogP contribution >= 0.6 is 0 Å². The lowest BCUT2D eigenvalue weighted by Crippen LogP contribution is -2.45. The number of sulfonamides is 1. The Kier molecular flexibility index (Phi) is 5.05. The molecule has 2 saturated heterocycles. The zero-order valence-corrected chi connectivity index (χ0v) is 17.1. The average molecular weight is 408 g/mol. The summed E-state index contributed by atoms with van der Waals surface area (Å²) in [6, 6.07) is 5.28. The van der Waals surface area contributed by atoms with Crippen LogP contribution in [0.2, 0.25) is 0 Å². The monoisotopic (exact) mass is 407 g/mol. The molecule has 152 valence electrons. The van der Waals surface area contributed by atoms with E-state index < -0.39 is 15.8 Å². The Bertz CT molecular complexity index is 955. The van der Waals surface area contributed by atoms with Gasteiger partial charge in [0.15, 0.2) is 0 Å². The van der Waals surface area contributed by atoms with Gasteiger partial charge in [-0.1, -0.05) is 11.2 Å². The van der Waals surface area contributed by atoms with Gasteiger partial charge in [0.05, 0.1) is 10.6 Å². The van der Waals surface area contributed by atoms with Crippen LogP contribution in [0.15, 0.2) is 33.7 Å². The van der Waals surface area contributed by atoms with Crippen LogP contribution in [0.1, 0.15) is 36.3 Å². The molecule has 0 radical (unpaired) electrons. The topological polar surface area (TPSA) is 66.7 Å². The summed E-state index contributed by atoms with van der Waals surface area (Å²) in [5, 5.41) is 4.04. The first-order valence-electron chi connectivity index (χ1n) is 9.69. The van der Waals surface area contributed by atoms with Crippen molar-refractivity contribution in [2.45, 2.75) is 44.6 Å². The number of aryl methyl sites for hydroxylation is 2. The molecule has 3 heterocycles. The fraction of sp³-hybridized carbons (Fsp3) is 0.550. The molecule has 0 saturated carbocycles. The first-order chi connectivity index (χ1) is 13.3. The molecule has 0 N–H and O–H groups in total. The van der Waals surface area contributed by atoms with E-state index in [9.17, 15) is 12.8 Å². The zero-order chi connectivity index (χ0) is 19.9. The maximum absolute atomic E-state index is 13.5. The van der Waals surface area contributed by atoms with Crippen molar-refractivity contribution in [1.29, 1.82) is 0 Å². The summed E-state index contributed by atoms with van der Waals surface area (Å²) >= 11 is 0. The van der Waals surface area contributed by atoms with Crippen molar-refractivity contribution in [3.05, 3.63) is 47.1 Å². The normalized spacial score (nSPS) is 24.2. The Morgan fingerprint density at radius 3 is 2.75 bits per heavy atom. The molecule has 2 aliphatic heterocycles. The first kappa shape index (κ1) is 19.5. The van der Waals surface area contributed by atoms with E-state index in [4.69, 9.17) is 4.52 Å². The maximum Gasteiger partial charge on any atom is 0.243 e. The molecule has 1 spiro atoms. The molecular formula is C20H26FN3O3S. The van der Waals surface area contributed by atoms with Gasteiger partial charge in [0.1, 0.15) is 11.6 Å². The average Bonchev–Trinajstić information content (AvgIpc) is 3.21. The molecule has 8 heteroatoms. The highest BCUT2D eigenvalue weighted by Crippen LogP contribution is 2.41. The molecule has 0 bridgehead atoms. The number of piperidine rings is 1. The molecule has 1 aromatic heterocycles. The molecular weight excluding hydrogens is 381 g/mol. The number of nitrogens with zero attached hydrogens (tertiary/aromatic N) is 3. The standard InChI is InChI=1S/C20H26FN3O3S/c1-15-19(16(2)27-22-15)12-23-9-4-7-20(13-23)8-10-24(14-20)28(25,26)18-6-3-5-17(21)11-18/h3,5-6,11H,4,7-10,12-14H2,1-2H3/t20-/m0/s1. The summed E-state index contributed by atoms with van der Waals surface area (Å²) in [6.45, 7) is 7.47. The van der Waals surface area contributed by atoms with Crippen molar-refractivity contribution in [2.75, 3.05) is 26.2 Å². The van der Waals surface area contributed by atoms with Crippen molar-refractivity contribution in [2.24, 2.45) is 5.41 Å². The van der Waals surface area contributed by atoms with E-state index in [0.717, 1.165) is 62.0 Å². The first-order valence-corrected chi connectivity index (χ1v) is 11.1. The van der Waals surface area contributed by atoms with Crippen LogP contribution in [0.3, 0.4) is 0 Å². The van der Waals surface area contributed by atoms with Crippen molar-refractivity contribution < 1.29 is 17.3 Å². The van der Waals surface area contributed by atoms with E-state index in [1.54, 1.807) is 0 Å². The summed E-state index contributed by atoms with van der Waals surface area (Å²) < 4.78 is 46.3. The highest BCUT2D eigenvalue weighted by molar-refractivity contribution is 7.89. The third kappa shape index (κ3) is 3.60. The lowest BCUT2D eigenvalue weighted by Gasteiger charge is -2.40. The fourth-order valence-electron chi connectivity index (χ4n) is 4.61. The second-order valence-corrected chi connectivity index (χ2v) is 10.1. The molecule has 0 aliphatic carbocycles. The van der Waals surface area contributed by atoms with Gasteiger partial charge in [-0.3, -0.25) is 4.90 Å². The van der Waals surface area contributed by atoms with Crippen molar-refractivity contribution in [1.82, 2.24) is 14.4 Å². The number of hydrogen-bond acceptors (Lipinski definition) is 5. The van der Waals surface area contributed by atoms with E-state index >= 15 is 0 Å². The molecule has 1 aromatic carbocycles. The predicted octanol–water partition coefficient (Wildman–Crippen LogP) is 3.11. The minimum Gasteiger partial charge on any atom is -0.361 e. The lowest BCUT2D eigenvalue weighted by atomic mass is 9.79. The number of aromatic nitrogens is 1. The Hall–Kier alpha value is -1.77. The second-order valence-electron chi connectivity index (χ2n) is 8.16. The smallest absolute Gasteiger partial charge is 0.243 e. The van der Waals surface area contributed by atoms with Crippen LogP contribution in [0, 0.1) is 25.1 Å². The zero-order valence-electron chi connectivity index (χ0n) is 16.3. The van der Waals surface area contributed by atoms with E-state index in [-0.39, 0.29) is 10.3 Å². The van der Waals surface area contributed by atoms with Gasteiger partial charge in [-0.15, -0.1) is 0 Å². The van der Waals surface area contributed by atoms with Crippen LogP contribution in [0.4, 0.5) is 4.39 Å². The molecule has 0 amide bonds. The van der Waals surface area contributed by atoms with Crippen molar-refractivity contribution >= 4 is 10.0 Å². The number of hydrogen-bond donors (Lipinski definition) is 0. The second kappa shape index (κ2) is 7.24. The summed E-state index contributed by atoms with van der Waals surface area (Å²) in [5.41, 5.74) is 2.00. The molecule has 4 rings (SSSR count). The van der Waals surface area contributed by atoms with Crippen LogP contribution in [-0.2, 0) is 16.6 Å². The Labute approximate surface area is 165 Å². The summed E-state index contributed by atoms with van der Waals surface area (Å²) in [6.07, 6.45) is 2.89. The Morgan fingerprint density at radius 1 is 1.21 bits per heavy atom. The molecule has 1 atom stereocenters. The third-order valence-corrected chi connectivity index (χ3v) is 7.98. The van der Waals surface area contributed by atoms with Gasteiger partial charge in [-0.05, 0) is 63.3 Å². The quantitative estimate of drug-likeness (QED) is 0.779. The number of benzene rings is 1. The van der Waals surface area contributed by atoms with Crippen molar-refractivity contribution in [3.8, 4) is 0 Å². The minimum atomic E-state index is -3.67. The van der Waals surface area contributed by atoms with Gasteiger partial charge in [-0.2, -0.15) is 4.31 Å². The Balaban J connectivity index is 1.49. The predicted molar refractivity (Wildman–Crippen MR) is 103 cm³/mol. The van der Waals surface area contributed by atoms with E-state index in [0.29, 0.717) is 13.1 Å². The fourth-order valence-corrected chi connectivity index (χ4v) is 6.19. The summed E-state index contributed by atoms with van der Waals surface area (Å²) in [7, 11) is -3.67. The summed E-state index contributed by atoms with van der Waals surface area (Å²) in [4.78, 5) is 2.42. The van der Waals surface area contributed by atoms with Gasteiger partial charge >= 0.3 is 0 Å². The van der Waals surface area contributed by atoms with Gasteiger partial charge in [0.2, 0.25) is 10.0 Å². The highest BCUT2D eigenvalue weighted by atomic mass is 32.2. The van der Waals surface area contributed by atoms with Gasteiger partial charge in [0.25, 0.3) is 0 Å². The number of rotatable bonds is 4. The molecule has 2 aliphatic rings. The van der Waals surface area contributed by atoms with E-state index in [2.05, 4.69) is 10.1 Å². The SMILES string of the molecule is Cc1noc(C)c1CN1CCC[C@]2(CCN(S(=O)(=O)c3cccc(F)c3)C2)C1. The number of halogens is 1. The molecule has 6 nitrogen and oxygen atoms in total. The lowest BCUT2D eigenvalue weighted by molar-refractivity contribution is 0.0930. The van der Waals surface area contributed by atoms with E-state index in [1.807, 2.05) is 13.8 Å². The molecule has 28 heavy (non-hydrogen) atoms. The molecule has 0 unspecified atom stereocenters. The van der Waals surface area contributed by atoms with Crippen LogP contribution < -0.4 is 0 Å². The maximum atomic E-state index is 13.5. The van der Waals surface area contributed by atoms with Crippen LogP contribution in [-0.4, -0.2) is 49.0 Å². The van der Waals surface area contributed by atoms with Gasteiger partial charge in [-0.25, -0.2) is 12.8 Å². The minimum absolute atomic E-state index is 0.0351. The number of likely N-dealkylation sites (tertiary alicyclic amines) is 1. The largest absolute Gasteiger partial charge is 0.361 e.